The molecule has 0 heterocycles. The highest BCUT2D eigenvalue weighted by Crippen LogP contribution is 2.25. The van der Waals surface area contributed by atoms with Crippen LogP contribution in [0.25, 0.3) is 0 Å². The lowest BCUT2D eigenvalue weighted by atomic mass is 10.0. The largest absolute Gasteiger partial charge is 0.347 e. The molecule has 1 amide bonds. The number of rotatable bonds is 3. The van der Waals surface area contributed by atoms with E-state index in [-0.39, 0.29) is 5.91 Å². The Kier molecular flexibility index (Phi) is 4.15. The molecule has 0 bridgehead atoms. The summed E-state index contributed by atoms with van der Waals surface area (Å²) in [4.78, 5) is 13.2. The average molecular weight is 226 g/mol. The lowest BCUT2D eigenvalue weighted by Crippen LogP contribution is -2.26. The highest BCUT2D eigenvalue weighted by Gasteiger charge is 2.20. The number of likely N-dealkylation sites (N-methyl/N-ethyl adjacent to an activating group) is 1. The van der Waals surface area contributed by atoms with Gasteiger partial charge in [-0.2, -0.15) is 0 Å². The molecule has 0 aliphatic rings. The quantitative estimate of drug-likeness (QED) is 0.725. The Balaban J connectivity index is 3.00. The van der Waals surface area contributed by atoms with Gasteiger partial charge >= 0.3 is 0 Å². The van der Waals surface area contributed by atoms with Crippen LogP contribution in [0.15, 0.2) is 24.3 Å². The Morgan fingerprint density at radius 2 is 2.00 bits per heavy atom. The van der Waals surface area contributed by atoms with Crippen LogP contribution in [0.4, 0.5) is 0 Å². The number of hydrogen-bond acceptors (Lipinski definition) is 1. The number of carbonyl (C=O) groups excluding carboxylic acids is 1. The lowest BCUT2D eigenvalue weighted by molar-refractivity contribution is -0.128. The third-order valence-electron chi connectivity index (χ3n) is 2.37. The van der Waals surface area contributed by atoms with Crippen molar-refractivity contribution in [2.75, 3.05) is 14.1 Å². The minimum Gasteiger partial charge on any atom is -0.347 e. The maximum atomic E-state index is 11.7. The number of halogens is 1. The van der Waals surface area contributed by atoms with Crippen LogP contribution in [-0.4, -0.2) is 24.9 Å². The molecule has 0 radical (unpaired) electrons. The normalized spacial score (nSPS) is 12.3. The second-order valence-corrected chi connectivity index (χ2v) is 4.08. The van der Waals surface area contributed by atoms with Crippen molar-refractivity contribution in [2.24, 2.45) is 0 Å². The van der Waals surface area contributed by atoms with Gasteiger partial charge in [-0.05, 0) is 17.5 Å². The zero-order chi connectivity index (χ0) is 11.4. The molecule has 0 aliphatic heterocycles. The van der Waals surface area contributed by atoms with Crippen LogP contribution in [0.3, 0.4) is 0 Å². The topological polar surface area (TPSA) is 20.3 Å². The Labute approximate surface area is 95.8 Å². The monoisotopic (exact) mass is 225 g/mol. The summed E-state index contributed by atoms with van der Waals surface area (Å²) in [5.74, 6) is -0.0717. The van der Waals surface area contributed by atoms with Gasteiger partial charge in [-0.3, -0.25) is 4.79 Å². The van der Waals surface area contributed by atoms with Crippen molar-refractivity contribution in [1.29, 1.82) is 0 Å². The molecule has 82 valence electrons. The fraction of sp³-hybridized carbons (Fsp3) is 0.417. The summed E-state index contributed by atoms with van der Waals surface area (Å²) in [6.07, 6.45) is 0.889. The van der Waals surface area contributed by atoms with Gasteiger partial charge in [-0.25, -0.2) is 0 Å². The fourth-order valence-corrected chi connectivity index (χ4v) is 1.87. The number of hydrogen-bond donors (Lipinski definition) is 0. The zero-order valence-electron chi connectivity index (χ0n) is 9.33. The van der Waals surface area contributed by atoms with Gasteiger partial charge in [0.15, 0.2) is 0 Å². The molecule has 0 fully saturated rings. The van der Waals surface area contributed by atoms with Gasteiger partial charge in [0.2, 0.25) is 5.91 Å². The fourth-order valence-electron chi connectivity index (χ4n) is 1.46. The van der Waals surface area contributed by atoms with E-state index in [0.29, 0.717) is 0 Å². The molecule has 1 atom stereocenters. The Morgan fingerprint density at radius 1 is 1.40 bits per heavy atom. The summed E-state index contributed by atoms with van der Waals surface area (Å²) in [6, 6.07) is 7.80. The molecule has 3 heteroatoms. The molecule has 0 saturated carbocycles. The molecular weight excluding hydrogens is 210 g/mol. The van der Waals surface area contributed by atoms with Crippen molar-refractivity contribution in [3.63, 3.8) is 0 Å². The van der Waals surface area contributed by atoms with Crippen LogP contribution in [0, 0.1) is 0 Å². The number of amides is 1. The predicted molar refractivity (Wildman–Crippen MR) is 63.1 cm³/mol. The van der Waals surface area contributed by atoms with Gasteiger partial charge in [0, 0.05) is 14.1 Å². The third-order valence-corrected chi connectivity index (χ3v) is 2.79. The van der Waals surface area contributed by atoms with E-state index in [1.165, 1.54) is 4.90 Å². The number of nitrogens with zero attached hydrogens (tertiary/aromatic N) is 1. The maximum Gasteiger partial charge on any atom is 0.244 e. The average Bonchev–Trinajstić information content (AvgIpc) is 2.26. The van der Waals surface area contributed by atoms with Gasteiger partial charge in [0.25, 0.3) is 0 Å². The van der Waals surface area contributed by atoms with Crippen LogP contribution < -0.4 is 0 Å². The van der Waals surface area contributed by atoms with E-state index < -0.39 is 5.38 Å². The van der Waals surface area contributed by atoms with E-state index >= 15 is 0 Å². The first kappa shape index (κ1) is 12.1. The molecule has 1 aromatic carbocycles. The molecule has 1 rings (SSSR count). The van der Waals surface area contributed by atoms with Crippen molar-refractivity contribution in [3.8, 4) is 0 Å². The van der Waals surface area contributed by atoms with Crippen molar-refractivity contribution >= 4 is 17.5 Å². The third kappa shape index (κ3) is 2.72. The molecule has 0 aliphatic carbocycles. The Morgan fingerprint density at radius 3 is 2.53 bits per heavy atom. The van der Waals surface area contributed by atoms with Crippen LogP contribution in [0.1, 0.15) is 23.4 Å². The van der Waals surface area contributed by atoms with E-state index in [0.717, 1.165) is 17.5 Å². The molecule has 0 spiro atoms. The summed E-state index contributed by atoms with van der Waals surface area (Å²) in [5, 5.41) is -0.573. The van der Waals surface area contributed by atoms with E-state index in [1.807, 2.05) is 24.3 Å². The first-order valence-electron chi connectivity index (χ1n) is 5.01. The molecule has 1 unspecified atom stereocenters. The van der Waals surface area contributed by atoms with E-state index in [4.69, 9.17) is 11.6 Å². The summed E-state index contributed by atoms with van der Waals surface area (Å²) in [6.45, 7) is 2.06. The molecule has 15 heavy (non-hydrogen) atoms. The first-order chi connectivity index (χ1) is 7.07. The lowest BCUT2D eigenvalue weighted by Gasteiger charge is -2.17. The predicted octanol–water partition coefficient (Wildman–Crippen LogP) is 2.62. The van der Waals surface area contributed by atoms with Crippen LogP contribution in [-0.2, 0) is 11.2 Å². The molecule has 2 nitrogen and oxygen atoms in total. The molecular formula is C12H16ClNO. The zero-order valence-corrected chi connectivity index (χ0v) is 10.1. The number of aryl methyl sites for hydroxylation is 1. The minimum absolute atomic E-state index is 0.0717. The summed E-state index contributed by atoms with van der Waals surface area (Å²) >= 11 is 6.14. The van der Waals surface area contributed by atoms with Crippen LogP contribution >= 0.6 is 11.6 Å². The second kappa shape index (κ2) is 5.17. The van der Waals surface area contributed by atoms with Crippen LogP contribution in [0.5, 0.6) is 0 Å². The van der Waals surface area contributed by atoms with Gasteiger partial charge in [0.1, 0.15) is 5.38 Å². The summed E-state index contributed by atoms with van der Waals surface area (Å²) < 4.78 is 0. The van der Waals surface area contributed by atoms with Gasteiger partial charge in [-0.1, -0.05) is 31.2 Å². The van der Waals surface area contributed by atoms with Crippen molar-refractivity contribution in [1.82, 2.24) is 4.90 Å². The van der Waals surface area contributed by atoms with Crippen molar-refractivity contribution < 1.29 is 4.79 Å². The maximum absolute atomic E-state index is 11.7. The summed E-state index contributed by atoms with van der Waals surface area (Å²) in [5.41, 5.74) is 2.05. The molecule has 0 saturated heterocycles. The van der Waals surface area contributed by atoms with E-state index in [1.54, 1.807) is 14.1 Å². The number of carbonyl (C=O) groups is 1. The summed E-state index contributed by atoms with van der Waals surface area (Å²) in [7, 11) is 3.43. The molecule has 0 aromatic heterocycles. The van der Waals surface area contributed by atoms with Gasteiger partial charge in [-0.15, -0.1) is 11.6 Å². The number of benzene rings is 1. The van der Waals surface area contributed by atoms with Gasteiger partial charge < -0.3 is 4.90 Å². The Bertz CT molecular complexity index is 349. The van der Waals surface area contributed by atoms with E-state index in [9.17, 15) is 4.79 Å². The smallest absolute Gasteiger partial charge is 0.244 e. The first-order valence-corrected chi connectivity index (χ1v) is 5.44. The highest BCUT2D eigenvalue weighted by molar-refractivity contribution is 6.30. The van der Waals surface area contributed by atoms with Crippen LogP contribution in [0.2, 0.25) is 0 Å². The Hall–Kier alpha value is -1.02. The second-order valence-electron chi connectivity index (χ2n) is 3.65. The SMILES string of the molecule is CCc1ccccc1C(Cl)C(=O)N(C)C. The minimum atomic E-state index is -0.573. The highest BCUT2D eigenvalue weighted by atomic mass is 35.5. The molecule has 1 aromatic rings. The van der Waals surface area contributed by atoms with Gasteiger partial charge in [0.05, 0.1) is 0 Å². The van der Waals surface area contributed by atoms with E-state index in [2.05, 4.69) is 6.92 Å². The van der Waals surface area contributed by atoms with Crippen molar-refractivity contribution in [3.05, 3.63) is 35.4 Å². The van der Waals surface area contributed by atoms with Crippen molar-refractivity contribution in [2.45, 2.75) is 18.7 Å². The molecule has 0 N–H and O–H groups in total. The standard InChI is InChI=1S/C12H16ClNO/c1-4-9-7-5-6-8-10(9)11(13)12(15)14(2)3/h5-8,11H,4H2,1-3H3. The number of alkyl halides is 1.